The fourth-order valence-electron chi connectivity index (χ4n) is 15.5. The molecule has 0 spiro atoms. The van der Waals surface area contributed by atoms with E-state index < -0.39 is 0 Å². The summed E-state index contributed by atoms with van der Waals surface area (Å²) in [5.41, 5.74) is 28.1. The summed E-state index contributed by atoms with van der Waals surface area (Å²) >= 11 is 0. The van der Waals surface area contributed by atoms with E-state index >= 15 is 0 Å². The molecule has 0 amide bonds. The molecular weight excluding hydrogens is 1580 g/mol. The van der Waals surface area contributed by atoms with Gasteiger partial charge in [0, 0.05) is 92.8 Å². The van der Waals surface area contributed by atoms with Gasteiger partial charge in [-0.3, -0.25) is 17.6 Å². The number of methoxy groups -OCH3 is 4. The maximum Gasteiger partial charge on any atom is 0.218 e. The van der Waals surface area contributed by atoms with Crippen LogP contribution in [0, 0.1) is 62.3 Å². The van der Waals surface area contributed by atoms with Crippen LogP contribution in [0.3, 0.4) is 0 Å². The maximum atomic E-state index is 5.37. The monoisotopic (exact) mass is 1670 g/mol. The molecule has 8 aromatic carbocycles. The number of aryl methyl sites for hydroxylation is 9. The highest BCUT2D eigenvalue weighted by Crippen LogP contribution is 2.41. The number of hydrogen-bond acceptors (Lipinski definition) is 21. The lowest BCUT2D eigenvalue weighted by Crippen LogP contribution is -2.03. The lowest BCUT2D eigenvalue weighted by Gasteiger charge is -2.10. The Morgan fingerprint density at radius 1 is 0.302 bits per heavy atom. The van der Waals surface area contributed by atoms with E-state index in [1.54, 1.807) is 40.8 Å². The number of nitrogens with one attached hydrogen (secondary N) is 4. The minimum atomic E-state index is 0.504. The molecule has 126 heavy (non-hydrogen) atoms. The van der Waals surface area contributed by atoms with Gasteiger partial charge >= 0.3 is 0 Å². The summed E-state index contributed by atoms with van der Waals surface area (Å²) in [5.74, 6) is 9.79. The molecule has 20 aromatic rings. The second-order valence-corrected chi connectivity index (χ2v) is 30.2. The van der Waals surface area contributed by atoms with E-state index in [1.807, 2.05) is 206 Å². The number of ether oxygens (including phenoxy) is 4. The van der Waals surface area contributed by atoms with E-state index in [-0.39, 0.29) is 0 Å². The average Bonchev–Trinajstić information content (AvgIpc) is 1.66. The number of anilines is 7. The molecule has 0 radical (unpaired) electrons. The minimum absolute atomic E-state index is 0.504. The Morgan fingerprint density at radius 3 is 1.08 bits per heavy atom. The standard InChI is InChI=1S/C26H24N4O2.C25H23N5O3.C25H22N4O2.C25H22N4O/c1-16-5-14-23-28-25(20-8-6-19(7-9-20)24-17(2)29-32-18(24)3)26(30(23)15-16)27-21-10-12-22(31-4)13-11-21;1-15-23(16(2)33-29-15)17-5-7-18(8-6-17)24-25(27-19-9-11-20(31-3)12-10-19)30-14-26-22(32-4)13-21(30)28-24;1-16-23(17(2)31-28-16)18-7-9-19(10-8-18)24-25(29-15-5-4-6-22(29)27-24)26-20-11-13-21(30-3)14-12-20;1-17-23(18(2)30-28-17)20-11-8-12-21(15-20)24-25(26-16-19-9-4-3-5-10-19)29-14-7-6-13-22(29)27-24/h5-15,27H,1-4H3;5-14,27H,1-4H3;4-15,26H,1-3H3;3-15,26H,16H2,1-2H3. The van der Waals surface area contributed by atoms with E-state index in [2.05, 4.69) is 188 Å². The summed E-state index contributed by atoms with van der Waals surface area (Å²) in [6.45, 7) is 18.4. The van der Waals surface area contributed by atoms with Crippen LogP contribution >= 0.6 is 0 Å². The summed E-state index contributed by atoms with van der Waals surface area (Å²) in [5, 5.41) is 30.5. The third-order valence-corrected chi connectivity index (χ3v) is 21.8. The summed E-state index contributed by atoms with van der Waals surface area (Å²) in [6, 6.07) is 85.1. The van der Waals surface area contributed by atoms with Gasteiger partial charge in [-0.05, 0) is 205 Å². The van der Waals surface area contributed by atoms with Crippen LogP contribution in [0.1, 0.15) is 56.9 Å². The summed E-state index contributed by atoms with van der Waals surface area (Å²) in [7, 11) is 6.57. The molecule has 25 heteroatoms. The maximum absolute atomic E-state index is 5.37. The van der Waals surface area contributed by atoms with E-state index in [4.69, 9.17) is 57.0 Å². The number of pyridine rings is 3. The minimum Gasteiger partial charge on any atom is -0.497 e. The largest absolute Gasteiger partial charge is 0.497 e. The van der Waals surface area contributed by atoms with Gasteiger partial charge in [-0.25, -0.2) is 24.9 Å². The molecule has 20 rings (SSSR count). The van der Waals surface area contributed by atoms with Crippen molar-refractivity contribution in [2.75, 3.05) is 49.7 Å². The predicted octanol–water partition coefficient (Wildman–Crippen LogP) is 23.7. The molecule has 0 atom stereocenters. The van der Waals surface area contributed by atoms with Crippen LogP contribution in [0.25, 0.3) is 112 Å². The molecule has 0 saturated carbocycles. The van der Waals surface area contributed by atoms with Crippen LogP contribution in [0.4, 0.5) is 40.3 Å². The fourth-order valence-corrected chi connectivity index (χ4v) is 15.5. The summed E-state index contributed by atoms with van der Waals surface area (Å²) in [4.78, 5) is 24.0. The third kappa shape index (κ3) is 17.2. The van der Waals surface area contributed by atoms with E-state index in [9.17, 15) is 0 Å². The first-order valence-electron chi connectivity index (χ1n) is 41.0. The van der Waals surface area contributed by atoms with Crippen molar-refractivity contribution in [3.05, 3.63) is 337 Å². The zero-order chi connectivity index (χ0) is 87.1. The van der Waals surface area contributed by atoms with Crippen molar-refractivity contribution in [2.24, 2.45) is 0 Å². The SMILES string of the molecule is COc1ccc(Nc2c(-c3ccc(-c4c(C)noc4C)cc3)nc3cc(OC)ncn23)cc1.COc1ccc(Nc2c(-c3ccc(-c4c(C)noc4C)cc3)nc3ccc(C)cn23)cc1.COc1ccc(Nc2c(-c3ccc(-c4c(C)noc4C)cc3)nc3ccccn23)cc1.Cc1noc(C)c1-c1cccc(-c2nc3ccccn3c2NCc2ccccc2)c1. The number of benzene rings is 8. The number of aromatic nitrogens is 13. The van der Waals surface area contributed by atoms with Gasteiger partial charge in [0.25, 0.3) is 0 Å². The van der Waals surface area contributed by atoms with E-state index in [0.29, 0.717) is 5.88 Å². The summed E-state index contributed by atoms with van der Waals surface area (Å²) in [6.07, 6.45) is 7.85. The number of hydrogen-bond donors (Lipinski definition) is 4. The predicted molar refractivity (Wildman–Crippen MR) is 494 cm³/mol. The molecule has 0 aliphatic carbocycles. The highest BCUT2D eigenvalue weighted by Gasteiger charge is 2.24. The molecule has 628 valence electrons. The first-order chi connectivity index (χ1) is 61.4. The van der Waals surface area contributed by atoms with Gasteiger partial charge in [0.05, 0.1) is 51.2 Å². The van der Waals surface area contributed by atoms with Gasteiger partial charge in [-0.1, -0.05) is 160 Å². The molecule has 0 bridgehead atoms. The number of nitrogens with zero attached hydrogens (tertiary/aromatic N) is 13. The van der Waals surface area contributed by atoms with Crippen LogP contribution in [-0.4, -0.2) is 91.6 Å². The zero-order valence-electron chi connectivity index (χ0n) is 71.8. The van der Waals surface area contributed by atoms with Crippen molar-refractivity contribution in [2.45, 2.75) is 68.9 Å². The van der Waals surface area contributed by atoms with E-state index in [0.717, 1.165) is 228 Å². The number of rotatable bonds is 21. The summed E-state index contributed by atoms with van der Waals surface area (Å²) < 4.78 is 50.6. The fraction of sp³-hybridized carbons (Fsp3) is 0.139. The molecule has 25 nitrogen and oxygen atoms in total. The Morgan fingerprint density at radius 2 is 0.667 bits per heavy atom. The highest BCUT2D eigenvalue weighted by molar-refractivity contribution is 5.86. The molecule has 12 heterocycles. The molecule has 0 saturated heterocycles. The van der Waals surface area contributed by atoms with Crippen molar-refractivity contribution in [1.29, 1.82) is 0 Å². The van der Waals surface area contributed by atoms with Crippen LogP contribution in [0.5, 0.6) is 23.1 Å². The number of fused-ring (bicyclic) bond motifs is 4. The molecular formula is C101H91N17O8. The first-order valence-corrected chi connectivity index (χ1v) is 41.0. The Hall–Kier alpha value is -16.3. The van der Waals surface area contributed by atoms with Crippen LogP contribution in [0.15, 0.2) is 298 Å². The third-order valence-electron chi connectivity index (χ3n) is 21.8. The molecule has 0 fully saturated rings. The van der Waals surface area contributed by atoms with Gasteiger partial charge in [0.2, 0.25) is 5.88 Å². The van der Waals surface area contributed by atoms with Gasteiger partial charge in [0.15, 0.2) is 0 Å². The lowest BCUT2D eigenvalue weighted by atomic mass is 10.0. The molecule has 0 unspecified atom stereocenters. The Bertz CT molecular complexity index is 7130. The second kappa shape index (κ2) is 36.2. The van der Waals surface area contributed by atoms with Gasteiger partial charge in [-0.2, -0.15) is 0 Å². The van der Waals surface area contributed by atoms with Crippen molar-refractivity contribution in [3.63, 3.8) is 0 Å². The topological polar surface area (TPSA) is 271 Å². The van der Waals surface area contributed by atoms with Gasteiger partial charge < -0.3 is 58.3 Å². The van der Waals surface area contributed by atoms with Gasteiger partial charge in [0.1, 0.15) is 115 Å². The average molecular weight is 1670 g/mol. The quantitative estimate of drug-likeness (QED) is 0.0520. The molecule has 0 aliphatic rings. The Balaban J connectivity index is 0.000000119. The molecule has 12 aromatic heterocycles. The number of imidazole rings is 4. The Kier molecular flexibility index (Phi) is 23.5. The van der Waals surface area contributed by atoms with Crippen molar-refractivity contribution in [3.8, 4) is 113 Å². The van der Waals surface area contributed by atoms with E-state index in [1.165, 1.54) is 5.56 Å². The van der Waals surface area contributed by atoms with Crippen molar-refractivity contribution in [1.82, 2.24) is 63.1 Å². The van der Waals surface area contributed by atoms with Crippen LogP contribution in [0.2, 0.25) is 0 Å². The second-order valence-electron chi connectivity index (χ2n) is 30.2. The molecule has 4 N–H and O–H groups in total. The smallest absolute Gasteiger partial charge is 0.218 e. The van der Waals surface area contributed by atoms with Crippen molar-refractivity contribution < 1.29 is 37.0 Å². The normalized spacial score (nSPS) is 11.1. The zero-order valence-corrected chi connectivity index (χ0v) is 71.8. The van der Waals surface area contributed by atoms with Crippen molar-refractivity contribution >= 4 is 62.9 Å². The highest BCUT2D eigenvalue weighted by atomic mass is 16.5. The van der Waals surface area contributed by atoms with Crippen LogP contribution in [-0.2, 0) is 6.54 Å². The molecule has 0 aliphatic heterocycles. The van der Waals surface area contributed by atoms with Crippen LogP contribution < -0.4 is 40.2 Å². The Labute approximate surface area is 727 Å². The first kappa shape index (κ1) is 82.0. The van der Waals surface area contributed by atoms with Gasteiger partial charge in [-0.15, -0.1) is 0 Å². The lowest BCUT2D eigenvalue weighted by molar-refractivity contribution is 0.393.